The predicted molar refractivity (Wildman–Crippen MR) is 188 cm³/mol. The quantitative estimate of drug-likeness (QED) is 0.153. The largest absolute Gasteiger partial charge is 0.487 e. The van der Waals surface area contributed by atoms with Gasteiger partial charge >= 0.3 is 6.09 Å². The molecule has 47 heavy (non-hydrogen) atoms. The molecule has 1 saturated carbocycles. The van der Waals surface area contributed by atoms with Crippen LogP contribution in [0.1, 0.15) is 76.7 Å². The molecule has 2 fully saturated rings. The summed E-state index contributed by atoms with van der Waals surface area (Å²) in [6.45, 7) is 13.5. The molecule has 0 radical (unpaired) electrons. The van der Waals surface area contributed by atoms with Gasteiger partial charge in [-0.2, -0.15) is 5.10 Å². The van der Waals surface area contributed by atoms with Crippen LogP contribution in [0.25, 0.3) is 22.2 Å². The lowest BCUT2D eigenvalue weighted by molar-refractivity contribution is -0.0365. The van der Waals surface area contributed by atoms with Gasteiger partial charge in [0.05, 0.1) is 12.1 Å². The van der Waals surface area contributed by atoms with E-state index in [1.54, 1.807) is 0 Å². The first-order valence-electron chi connectivity index (χ1n) is 17.0. The molecular weight excluding hydrogens is 607 g/mol. The molecule has 0 spiro atoms. The van der Waals surface area contributed by atoms with Gasteiger partial charge < -0.3 is 24.0 Å². The molecular formula is C38H49N3O5Si. The highest BCUT2D eigenvalue weighted by Gasteiger charge is 2.45. The normalized spacial score (nSPS) is 17.8. The van der Waals surface area contributed by atoms with E-state index in [0.29, 0.717) is 19.6 Å². The second-order valence-electron chi connectivity index (χ2n) is 14.6. The van der Waals surface area contributed by atoms with Crippen LogP contribution in [0, 0.1) is 0 Å². The molecule has 1 amide bonds. The molecule has 4 aromatic rings. The van der Waals surface area contributed by atoms with Gasteiger partial charge in [0.15, 0.2) is 14.5 Å². The van der Waals surface area contributed by atoms with E-state index in [-0.39, 0.29) is 23.5 Å². The average molecular weight is 656 g/mol. The van der Waals surface area contributed by atoms with Gasteiger partial charge in [-0.15, -0.1) is 0 Å². The number of ether oxygens (including phenoxy) is 3. The summed E-state index contributed by atoms with van der Waals surface area (Å²) in [6.07, 6.45) is 5.26. The summed E-state index contributed by atoms with van der Waals surface area (Å²) in [4.78, 5) is 12.3. The monoisotopic (exact) mass is 655 g/mol. The molecule has 1 aromatic heterocycles. The molecule has 1 saturated heterocycles. The summed E-state index contributed by atoms with van der Waals surface area (Å²) >= 11 is 0. The van der Waals surface area contributed by atoms with Crippen molar-refractivity contribution >= 4 is 25.3 Å². The Hall–Kier alpha value is -3.66. The molecule has 6 rings (SSSR count). The summed E-state index contributed by atoms with van der Waals surface area (Å²) in [6, 6.07) is 24.5. The van der Waals surface area contributed by atoms with Gasteiger partial charge in [0, 0.05) is 30.5 Å². The Kier molecular flexibility index (Phi) is 9.78. The second-order valence-corrected chi connectivity index (χ2v) is 19.4. The third-order valence-electron chi connectivity index (χ3n) is 9.92. The van der Waals surface area contributed by atoms with Crippen LogP contribution in [0.3, 0.4) is 0 Å². The number of amides is 1. The van der Waals surface area contributed by atoms with Crippen molar-refractivity contribution in [2.75, 3.05) is 13.2 Å². The number of fused-ring (bicyclic) bond motifs is 1. The SMILES string of the molecule is CC(C)(C)[Si](C)(C)OCc1cccc(-c2nn(C3CCCCO3)c3ccc(OC4(CCNC(=O)OCc5ccccc5)CC4)cc23)c1. The minimum absolute atomic E-state index is 0.0839. The van der Waals surface area contributed by atoms with Crippen LogP contribution in [0.5, 0.6) is 5.75 Å². The summed E-state index contributed by atoms with van der Waals surface area (Å²) in [7, 11) is -1.89. The summed E-state index contributed by atoms with van der Waals surface area (Å²) in [5, 5.41) is 9.26. The molecule has 1 aliphatic carbocycles. The number of alkyl carbamates (subject to hydrolysis) is 1. The Labute approximate surface area is 279 Å². The summed E-state index contributed by atoms with van der Waals surface area (Å²) in [5.41, 5.74) is 4.82. The maximum atomic E-state index is 12.3. The van der Waals surface area contributed by atoms with Crippen LogP contribution in [0.15, 0.2) is 72.8 Å². The molecule has 1 unspecified atom stereocenters. The van der Waals surface area contributed by atoms with Crippen molar-refractivity contribution in [3.63, 3.8) is 0 Å². The van der Waals surface area contributed by atoms with Crippen molar-refractivity contribution < 1.29 is 23.4 Å². The van der Waals surface area contributed by atoms with Crippen LogP contribution in [0.4, 0.5) is 4.79 Å². The number of benzene rings is 3. The van der Waals surface area contributed by atoms with Crippen molar-refractivity contribution in [3.8, 4) is 17.0 Å². The highest BCUT2D eigenvalue weighted by Crippen LogP contribution is 2.44. The molecule has 9 heteroatoms. The minimum Gasteiger partial charge on any atom is -0.487 e. The zero-order chi connectivity index (χ0) is 33.1. The Morgan fingerprint density at radius 1 is 1.00 bits per heavy atom. The maximum absolute atomic E-state index is 12.3. The zero-order valence-electron chi connectivity index (χ0n) is 28.5. The van der Waals surface area contributed by atoms with Gasteiger partial charge in [0.1, 0.15) is 23.7 Å². The number of aromatic nitrogens is 2. The first-order valence-corrected chi connectivity index (χ1v) is 19.9. The first kappa shape index (κ1) is 33.2. The molecule has 1 N–H and O–H groups in total. The van der Waals surface area contributed by atoms with E-state index in [9.17, 15) is 4.79 Å². The van der Waals surface area contributed by atoms with Crippen molar-refractivity contribution in [1.29, 1.82) is 0 Å². The maximum Gasteiger partial charge on any atom is 0.407 e. The Morgan fingerprint density at radius 3 is 2.51 bits per heavy atom. The van der Waals surface area contributed by atoms with E-state index in [4.69, 9.17) is 23.7 Å². The number of hydrogen-bond acceptors (Lipinski definition) is 6. The topological polar surface area (TPSA) is 83.8 Å². The standard InChI is InChI=1S/C38H49N3O5Si/c1-37(2,3)47(4,5)45-27-29-14-11-15-30(24-29)35-32-25-31(17-18-33(32)41(40-35)34-16-9-10-23-43-34)46-38(19-20-38)21-22-39-36(42)44-26-28-12-7-6-8-13-28/h6-8,11-15,17-18,24-25,34H,9-10,16,19-23,26-27H2,1-5H3,(H,39,42). The molecule has 8 nitrogen and oxygen atoms in total. The molecule has 3 aromatic carbocycles. The van der Waals surface area contributed by atoms with E-state index >= 15 is 0 Å². The van der Waals surface area contributed by atoms with E-state index in [0.717, 1.165) is 77.7 Å². The number of nitrogens with zero attached hydrogens (tertiary/aromatic N) is 2. The van der Waals surface area contributed by atoms with E-state index < -0.39 is 14.4 Å². The van der Waals surface area contributed by atoms with Crippen LogP contribution in [-0.4, -0.2) is 42.9 Å². The predicted octanol–water partition coefficient (Wildman–Crippen LogP) is 9.15. The molecule has 1 atom stereocenters. The smallest absolute Gasteiger partial charge is 0.407 e. The number of nitrogens with one attached hydrogen (secondary N) is 1. The first-order chi connectivity index (χ1) is 22.5. The lowest BCUT2D eigenvalue weighted by Gasteiger charge is -2.36. The number of hydrogen-bond donors (Lipinski definition) is 1. The number of carbonyl (C=O) groups is 1. The Morgan fingerprint density at radius 2 is 1.79 bits per heavy atom. The average Bonchev–Trinajstić information content (AvgIpc) is 3.72. The van der Waals surface area contributed by atoms with Crippen molar-refractivity contribution in [3.05, 3.63) is 83.9 Å². The van der Waals surface area contributed by atoms with Crippen LogP contribution in [-0.2, 0) is 27.1 Å². The molecule has 1 aliphatic heterocycles. The van der Waals surface area contributed by atoms with E-state index in [2.05, 4.69) is 80.3 Å². The van der Waals surface area contributed by atoms with Crippen LogP contribution >= 0.6 is 0 Å². The molecule has 250 valence electrons. The van der Waals surface area contributed by atoms with Gasteiger partial charge in [-0.3, -0.25) is 0 Å². The van der Waals surface area contributed by atoms with E-state index in [1.165, 1.54) is 0 Å². The number of carbonyl (C=O) groups excluding carboxylic acids is 1. The van der Waals surface area contributed by atoms with Crippen molar-refractivity contribution in [2.24, 2.45) is 0 Å². The minimum atomic E-state index is -1.89. The van der Waals surface area contributed by atoms with Crippen molar-refractivity contribution in [2.45, 2.75) is 102 Å². The summed E-state index contributed by atoms with van der Waals surface area (Å²) < 4.78 is 26.8. The fourth-order valence-electron chi connectivity index (χ4n) is 5.78. The van der Waals surface area contributed by atoms with Gasteiger partial charge in [0.2, 0.25) is 0 Å². The fraction of sp³-hybridized carbons (Fsp3) is 0.474. The van der Waals surface area contributed by atoms with Crippen LogP contribution in [0.2, 0.25) is 18.1 Å². The third kappa shape index (κ3) is 8.08. The van der Waals surface area contributed by atoms with Crippen LogP contribution < -0.4 is 10.1 Å². The molecule has 2 heterocycles. The van der Waals surface area contributed by atoms with Gasteiger partial charge in [-0.05, 0) is 85.6 Å². The highest BCUT2D eigenvalue weighted by atomic mass is 28.4. The number of rotatable bonds is 12. The van der Waals surface area contributed by atoms with Gasteiger partial charge in [0.25, 0.3) is 0 Å². The molecule has 2 aliphatic rings. The van der Waals surface area contributed by atoms with E-state index in [1.807, 2.05) is 36.4 Å². The molecule has 0 bridgehead atoms. The highest BCUT2D eigenvalue weighted by molar-refractivity contribution is 6.74. The Balaban J connectivity index is 1.18. The fourth-order valence-corrected chi connectivity index (χ4v) is 6.74. The third-order valence-corrected chi connectivity index (χ3v) is 14.4. The summed E-state index contributed by atoms with van der Waals surface area (Å²) in [5.74, 6) is 0.810. The lowest BCUT2D eigenvalue weighted by atomic mass is 10.0. The second kappa shape index (κ2) is 13.8. The van der Waals surface area contributed by atoms with Gasteiger partial charge in [-0.25, -0.2) is 9.48 Å². The van der Waals surface area contributed by atoms with Crippen molar-refractivity contribution in [1.82, 2.24) is 15.1 Å². The zero-order valence-corrected chi connectivity index (χ0v) is 29.5. The lowest BCUT2D eigenvalue weighted by Crippen LogP contribution is -2.40. The van der Waals surface area contributed by atoms with Gasteiger partial charge in [-0.1, -0.05) is 69.3 Å². The Bertz CT molecular complexity index is 1670.